The molecule has 0 aromatic rings. The molecule has 0 saturated carbocycles. The minimum absolute atomic E-state index is 0.145. The second kappa shape index (κ2) is 71.5. The van der Waals surface area contributed by atoms with Gasteiger partial charge in [-0.2, -0.15) is 0 Å². The molecule has 522 valence electrons. The molecule has 0 aliphatic heterocycles. The van der Waals surface area contributed by atoms with Gasteiger partial charge >= 0.3 is 11.9 Å². The summed E-state index contributed by atoms with van der Waals surface area (Å²) in [6.45, 7) is 4.55. The number of unbranched alkanes of at least 4 members (excludes halogenated alkanes) is 34. The molecule has 0 heterocycles. The van der Waals surface area contributed by atoms with Gasteiger partial charge in [0, 0.05) is 12.8 Å². The van der Waals surface area contributed by atoms with E-state index in [0.29, 0.717) is 17.4 Å². The number of esters is 2. The predicted octanol–water partition coefficient (Wildman–Crippen LogP) is 22.6. The molecule has 2 atom stereocenters. The molecule has 0 amide bonds. The molecular formula is C82H141NO8. The highest BCUT2D eigenvalue weighted by atomic mass is 16.7. The van der Waals surface area contributed by atoms with E-state index in [1.165, 1.54) is 193 Å². The number of hydrogen-bond acceptors (Lipinski definition) is 8. The highest BCUT2D eigenvalue weighted by Crippen LogP contribution is 2.18. The lowest BCUT2D eigenvalue weighted by atomic mass is 10.0. The average Bonchev–Trinajstić information content (AvgIpc) is 3.46. The lowest BCUT2D eigenvalue weighted by Gasteiger charge is -2.26. The molecule has 9 nitrogen and oxygen atoms in total. The Kier molecular flexibility index (Phi) is 68.1. The van der Waals surface area contributed by atoms with Gasteiger partial charge in [-0.05, 0) is 103 Å². The van der Waals surface area contributed by atoms with E-state index in [-0.39, 0.29) is 38.6 Å². The summed E-state index contributed by atoms with van der Waals surface area (Å²) in [5.74, 6) is -2.27. The van der Waals surface area contributed by atoms with Crippen LogP contribution in [-0.4, -0.2) is 82.3 Å². The van der Waals surface area contributed by atoms with Crippen LogP contribution in [0.4, 0.5) is 0 Å². The molecule has 91 heavy (non-hydrogen) atoms. The van der Waals surface area contributed by atoms with Crippen LogP contribution >= 0.6 is 0 Å². The number of quaternary nitrogens is 1. The summed E-state index contributed by atoms with van der Waals surface area (Å²) in [6, 6.07) is 0. The van der Waals surface area contributed by atoms with E-state index >= 15 is 0 Å². The number of carboxylic acid groups (broad SMARTS) is 1. The third-order valence-corrected chi connectivity index (χ3v) is 16.2. The molecule has 0 fully saturated rings. The summed E-state index contributed by atoms with van der Waals surface area (Å²) in [6.07, 6.45) is 98.7. The molecule has 0 bridgehead atoms. The summed E-state index contributed by atoms with van der Waals surface area (Å²) in [7, 11) is 5.94. The lowest BCUT2D eigenvalue weighted by molar-refractivity contribution is -0.870. The molecule has 0 aliphatic carbocycles. The zero-order valence-corrected chi connectivity index (χ0v) is 59.7. The van der Waals surface area contributed by atoms with Gasteiger partial charge in [0.15, 0.2) is 12.4 Å². The molecule has 2 unspecified atom stereocenters. The third kappa shape index (κ3) is 73.0. The van der Waals surface area contributed by atoms with Crippen LogP contribution in [0.25, 0.3) is 0 Å². The number of aliphatic carboxylic acids is 1. The van der Waals surface area contributed by atoms with Crippen molar-refractivity contribution in [1.29, 1.82) is 0 Å². The summed E-state index contributed by atoms with van der Waals surface area (Å²) in [5.41, 5.74) is 0. The van der Waals surface area contributed by atoms with Gasteiger partial charge in [0.25, 0.3) is 0 Å². The normalized spacial score (nSPS) is 13.4. The summed E-state index contributed by atoms with van der Waals surface area (Å²) >= 11 is 0. The first-order valence-corrected chi connectivity index (χ1v) is 37.7. The fourth-order valence-electron chi connectivity index (χ4n) is 10.5. The van der Waals surface area contributed by atoms with Crippen molar-refractivity contribution in [1.82, 2.24) is 0 Å². The maximum atomic E-state index is 13.0. The third-order valence-electron chi connectivity index (χ3n) is 16.2. The molecule has 0 aliphatic rings. The van der Waals surface area contributed by atoms with Gasteiger partial charge in [0.1, 0.15) is 13.2 Å². The van der Waals surface area contributed by atoms with Crippen molar-refractivity contribution in [3.05, 3.63) is 122 Å². The first-order chi connectivity index (χ1) is 44.6. The first-order valence-electron chi connectivity index (χ1n) is 37.7. The Morgan fingerprint density at radius 3 is 0.879 bits per heavy atom. The number of carbonyl (C=O) groups excluding carboxylic acids is 3. The van der Waals surface area contributed by atoms with Crippen LogP contribution in [0, 0.1) is 0 Å². The fourth-order valence-corrected chi connectivity index (χ4v) is 10.5. The summed E-state index contributed by atoms with van der Waals surface area (Å²) < 4.78 is 22.8. The van der Waals surface area contributed by atoms with Crippen molar-refractivity contribution in [3.8, 4) is 0 Å². The number of hydrogen-bond donors (Lipinski definition) is 0. The fraction of sp³-hybridized carbons (Fsp3) is 0.720. The average molecular weight is 1270 g/mol. The van der Waals surface area contributed by atoms with Crippen LogP contribution in [0.2, 0.25) is 0 Å². The number of ether oxygens (including phenoxy) is 4. The molecular weight excluding hydrogens is 1130 g/mol. The Balaban J connectivity index is 4.03. The van der Waals surface area contributed by atoms with E-state index in [0.717, 1.165) is 96.3 Å². The van der Waals surface area contributed by atoms with E-state index in [9.17, 15) is 19.5 Å². The van der Waals surface area contributed by atoms with Gasteiger partial charge in [0.05, 0.1) is 40.3 Å². The number of rotatable bonds is 69. The Bertz CT molecular complexity index is 1910. The molecule has 0 saturated heterocycles. The quantitative estimate of drug-likeness (QED) is 0.0195. The summed E-state index contributed by atoms with van der Waals surface area (Å²) in [4.78, 5) is 37.6. The van der Waals surface area contributed by atoms with Gasteiger partial charge in [-0.3, -0.25) is 9.59 Å². The van der Waals surface area contributed by atoms with Gasteiger partial charge in [0.2, 0.25) is 0 Å². The summed E-state index contributed by atoms with van der Waals surface area (Å²) in [5, 5.41) is 11.8. The van der Waals surface area contributed by atoms with Gasteiger partial charge in [-0.1, -0.05) is 328 Å². The van der Waals surface area contributed by atoms with Gasteiger partial charge in [-0.15, -0.1) is 0 Å². The molecule has 0 spiro atoms. The van der Waals surface area contributed by atoms with E-state index in [1.807, 2.05) is 21.1 Å². The van der Waals surface area contributed by atoms with Crippen molar-refractivity contribution in [2.24, 2.45) is 0 Å². The predicted molar refractivity (Wildman–Crippen MR) is 389 cm³/mol. The van der Waals surface area contributed by atoms with Crippen molar-refractivity contribution in [3.63, 3.8) is 0 Å². The van der Waals surface area contributed by atoms with Crippen molar-refractivity contribution in [2.75, 3.05) is 47.5 Å². The van der Waals surface area contributed by atoms with Crippen LogP contribution in [0.5, 0.6) is 0 Å². The Labute approximate surface area is 561 Å². The Hall–Kier alpha value is -4.31. The maximum absolute atomic E-state index is 13.0. The smallest absolute Gasteiger partial charge is 0.306 e. The molecule has 0 N–H and O–H groups in total. The molecule has 0 aromatic heterocycles. The number of nitrogens with zero attached hydrogens (tertiary/aromatic N) is 1. The number of allylic oxidation sites excluding steroid dienone is 20. The minimum Gasteiger partial charge on any atom is -0.545 e. The highest BCUT2D eigenvalue weighted by Gasteiger charge is 2.22. The SMILES string of the molecule is CC/C=C\C/C=C\C/C=C\C/C=C\C/C=C\C/C=C\CCCCCCCCCCCCCCCCCCCCCCC(=O)OC(COC(=O)CCCCCCCCCCCCCCCC/C=C\C/C=C\C/C=C\C/C=C\CC)COC(OCC[N+](C)(C)C)C(=O)[O-]. The topological polar surface area (TPSA) is 111 Å². The molecule has 0 radical (unpaired) electrons. The number of likely N-dealkylation sites (N-methyl/N-ethyl adjacent to an activating group) is 1. The molecule has 9 heteroatoms. The minimum atomic E-state index is -1.63. The zero-order valence-electron chi connectivity index (χ0n) is 59.7. The number of carbonyl (C=O) groups is 3. The van der Waals surface area contributed by atoms with Crippen molar-refractivity contribution < 1.29 is 42.9 Å². The van der Waals surface area contributed by atoms with E-state index in [4.69, 9.17) is 18.9 Å². The molecule has 0 aromatic carbocycles. The van der Waals surface area contributed by atoms with Gasteiger partial charge < -0.3 is 33.3 Å². The van der Waals surface area contributed by atoms with Crippen LogP contribution in [-0.2, 0) is 33.3 Å². The lowest BCUT2D eigenvalue weighted by Crippen LogP contribution is -2.44. The van der Waals surface area contributed by atoms with Crippen LogP contribution in [0.15, 0.2) is 122 Å². The van der Waals surface area contributed by atoms with Gasteiger partial charge in [-0.25, -0.2) is 0 Å². The van der Waals surface area contributed by atoms with Crippen LogP contribution in [0.1, 0.15) is 322 Å². The monoisotopic (exact) mass is 1270 g/mol. The van der Waals surface area contributed by atoms with Crippen molar-refractivity contribution in [2.45, 2.75) is 334 Å². The van der Waals surface area contributed by atoms with Crippen LogP contribution in [0.3, 0.4) is 0 Å². The second-order valence-electron chi connectivity index (χ2n) is 26.2. The second-order valence-corrected chi connectivity index (χ2v) is 26.2. The largest absolute Gasteiger partial charge is 0.545 e. The number of carboxylic acids is 1. The van der Waals surface area contributed by atoms with Crippen LogP contribution < -0.4 is 5.11 Å². The highest BCUT2D eigenvalue weighted by molar-refractivity contribution is 5.70. The van der Waals surface area contributed by atoms with E-state index < -0.39 is 24.3 Å². The van der Waals surface area contributed by atoms with E-state index in [2.05, 4.69) is 135 Å². The first kappa shape index (κ1) is 86.7. The Morgan fingerprint density at radius 1 is 0.330 bits per heavy atom. The van der Waals surface area contributed by atoms with Crippen molar-refractivity contribution >= 4 is 17.9 Å². The van der Waals surface area contributed by atoms with E-state index in [1.54, 1.807) is 0 Å². The standard InChI is InChI=1S/C82H141NO8/c1-6-8-10-12-14-16-18-20-22-24-26-28-30-32-34-35-36-37-38-39-40-41-42-43-44-45-47-49-51-53-55-57-59-61-63-65-67-69-71-73-80(85)91-78(77-90-82(81(86)87)88-75-74-83(3,4)5)76-89-79(84)72-70-68-66-64-62-60-58-56-54-52-50-48-46-33-31-29-27-25-23-21-19-17-15-13-11-9-7-2/h8-11,14-17,20-23,26-29,32,34,36-37,78,82H,6-7,12-13,18-19,24-25,30-31,33,35,38-77H2,1-5H3/b10-8-,11-9-,16-14-,17-15-,22-20-,23-21-,28-26-,29-27-,34-32-,37-36-. The zero-order chi connectivity index (χ0) is 66.1. The molecule has 0 rings (SSSR count). The Morgan fingerprint density at radius 2 is 0.593 bits per heavy atom. The maximum Gasteiger partial charge on any atom is 0.306 e.